The Morgan fingerprint density at radius 1 is 1.24 bits per heavy atom. The lowest BCUT2D eigenvalue weighted by atomic mass is 10.1. The first-order chi connectivity index (χ1) is 9.86. The molecular formula is C16H18F2N2O. The number of aromatic nitrogens is 2. The van der Waals surface area contributed by atoms with E-state index >= 15 is 0 Å². The van der Waals surface area contributed by atoms with Gasteiger partial charge < -0.3 is 0 Å². The summed E-state index contributed by atoms with van der Waals surface area (Å²) in [5.74, 6) is -3.10. The summed E-state index contributed by atoms with van der Waals surface area (Å²) in [7, 11) is 0. The minimum absolute atomic E-state index is 0.0547. The number of benzene rings is 1. The first-order valence-corrected chi connectivity index (χ1v) is 6.87. The standard InChI is InChI=1S/C16H18F2N2O/c1-4-14(21)15-11(2)19-20(12(15)3)10-16(17,18)13-8-6-5-7-9-13/h5-9H,4,10H2,1-3H3. The minimum Gasteiger partial charge on any atom is -0.294 e. The van der Waals surface area contributed by atoms with Gasteiger partial charge in [0, 0.05) is 17.7 Å². The molecule has 112 valence electrons. The summed E-state index contributed by atoms with van der Waals surface area (Å²) in [4.78, 5) is 11.9. The number of halogens is 2. The lowest BCUT2D eigenvalue weighted by Crippen LogP contribution is -2.23. The molecule has 0 aliphatic carbocycles. The molecule has 2 rings (SSSR count). The molecule has 1 heterocycles. The number of carbonyl (C=O) groups excluding carboxylic acids is 1. The zero-order valence-corrected chi connectivity index (χ0v) is 12.4. The van der Waals surface area contributed by atoms with Crippen molar-refractivity contribution in [1.82, 2.24) is 9.78 Å². The normalized spacial score (nSPS) is 11.7. The van der Waals surface area contributed by atoms with Crippen LogP contribution in [-0.2, 0) is 12.5 Å². The molecule has 1 aromatic heterocycles. The van der Waals surface area contributed by atoms with E-state index in [0.717, 1.165) is 0 Å². The number of carbonyl (C=O) groups is 1. The maximum atomic E-state index is 14.3. The van der Waals surface area contributed by atoms with Gasteiger partial charge in [0.2, 0.25) is 0 Å². The Kier molecular flexibility index (Phi) is 4.21. The van der Waals surface area contributed by atoms with Crippen molar-refractivity contribution in [3.8, 4) is 0 Å². The maximum absolute atomic E-state index is 14.3. The monoisotopic (exact) mass is 292 g/mol. The summed E-state index contributed by atoms with van der Waals surface area (Å²) in [5.41, 5.74) is 1.40. The number of nitrogens with zero attached hydrogens (tertiary/aromatic N) is 2. The highest BCUT2D eigenvalue weighted by Gasteiger charge is 2.33. The van der Waals surface area contributed by atoms with Gasteiger partial charge in [-0.1, -0.05) is 37.3 Å². The first kappa shape index (κ1) is 15.4. The summed E-state index contributed by atoms with van der Waals surface area (Å²) < 4.78 is 29.8. The predicted molar refractivity (Wildman–Crippen MR) is 76.7 cm³/mol. The van der Waals surface area contributed by atoms with Crippen LogP contribution in [0.4, 0.5) is 8.78 Å². The van der Waals surface area contributed by atoms with Gasteiger partial charge in [0.05, 0.1) is 11.3 Å². The summed E-state index contributed by atoms with van der Waals surface area (Å²) in [6.45, 7) is 4.51. The Hall–Kier alpha value is -2.04. The highest BCUT2D eigenvalue weighted by atomic mass is 19.3. The average molecular weight is 292 g/mol. The van der Waals surface area contributed by atoms with Crippen LogP contribution in [0.1, 0.15) is 40.7 Å². The number of ketones is 1. The van der Waals surface area contributed by atoms with Gasteiger partial charge in [0.15, 0.2) is 5.78 Å². The molecule has 0 radical (unpaired) electrons. The lowest BCUT2D eigenvalue weighted by molar-refractivity contribution is -0.0260. The predicted octanol–water partition coefficient (Wildman–Crippen LogP) is 3.88. The third-order valence-electron chi connectivity index (χ3n) is 3.53. The van der Waals surface area contributed by atoms with E-state index in [1.807, 2.05) is 0 Å². The molecule has 0 saturated carbocycles. The van der Waals surface area contributed by atoms with Crippen LogP contribution < -0.4 is 0 Å². The molecule has 0 amide bonds. The van der Waals surface area contributed by atoms with Crippen LogP contribution >= 0.6 is 0 Å². The van der Waals surface area contributed by atoms with Crippen molar-refractivity contribution in [2.45, 2.75) is 39.7 Å². The SMILES string of the molecule is CCC(=O)c1c(C)nn(CC(F)(F)c2ccccc2)c1C. The van der Waals surface area contributed by atoms with Crippen molar-refractivity contribution < 1.29 is 13.6 Å². The van der Waals surface area contributed by atoms with Crippen LogP contribution in [0.3, 0.4) is 0 Å². The molecule has 21 heavy (non-hydrogen) atoms. The van der Waals surface area contributed by atoms with E-state index < -0.39 is 12.5 Å². The second-order valence-electron chi connectivity index (χ2n) is 5.05. The van der Waals surface area contributed by atoms with Gasteiger partial charge >= 0.3 is 0 Å². The van der Waals surface area contributed by atoms with Crippen molar-refractivity contribution in [2.75, 3.05) is 0 Å². The van der Waals surface area contributed by atoms with E-state index in [0.29, 0.717) is 23.4 Å². The fraction of sp³-hybridized carbons (Fsp3) is 0.375. The van der Waals surface area contributed by atoms with E-state index in [1.54, 1.807) is 39.0 Å². The number of hydrogen-bond acceptors (Lipinski definition) is 2. The topological polar surface area (TPSA) is 34.9 Å². The maximum Gasteiger partial charge on any atom is 0.292 e. The molecule has 0 N–H and O–H groups in total. The zero-order chi connectivity index (χ0) is 15.6. The van der Waals surface area contributed by atoms with Gasteiger partial charge in [-0.05, 0) is 13.8 Å². The zero-order valence-electron chi connectivity index (χ0n) is 12.4. The van der Waals surface area contributed by atoms with Crippen molar-refractivity contribution in [3.63, 3.8) is 0 Å². The summed E-state index contributed by atoms with van der Waals surface area (Å²) >= 11 is 0. The Labute approximate surface area is 122 Å². The Bertz CT molecular complexity index is 648. The molecule has 0 aliphatic heterocycles. The van der Waals surface area contributed by atoms with Gasteiger partial charge in [-0.15, -0.1) is 0 Å². The third kappa shape index (κ3) is 3.01. The number of alkyl halides is 2. The molecule has 5 heteroatoms. The molecule has 0 fully saturated rings. The van der Waals surface area contributed by atoms with Crippen molar-refractivity contribution >= 4 is 5.78 Å². The van der Waals surface area contributed by atoms with Crippen LogP contribution in [0.2, 0.25) is 0 Å². The largest absolute Gasteiger partial charge is 0.294 e. The Morgan fingerprint density at radius 2 is 1.86 bits per heavy atom. The molecule has 0 bridgehead atoms. The minimum atomic E-state index is -3.03. The van der Waals surface area contributed by atoms with Crippen LogP contribution in [0, 0.1) is 13.8 Å². The summed E-state index contributed by atoms with van der Waals surface area (Å²) in [6.07, 6.45) is 0.336. The van der Waals surface area contributed by atoms with E-state index in [2.05, 4.69) is 5.10 Å². The van der Waals surface area contributed by atoms with Gasteiger partial charge in [-0.3, -0.25) is 9.48 Å². The third-order valence-corrected chi connectivity index (χ3v) is 3.53. The van der Waals surface area contributed by atoms with E-state index in [1.165, 1.54) is 16.8 Å². The highest BCUT2D eigenvalue weighted by molar-refractivity contribution is 5.97. The van der Waals surface area contributed by atoms with Crippen molar-refractivity contribution in [1.29, 1.82) is 0 Å². The molecular weight excluding hydrogens is 274 g/mol. The Morgan fingerprint density at radius 3 is 2.43 bits per heavy atom. The molecule has 0 unspecified atom stereocenters. The number of hydrogen-bond donors (Lipinski definition) is 0. The molecule has 3 nitrogen and oxygen atoms in total. The van der Waals surface area contributed by atoms with Crippen LogP contribution in [-0.4, -0.2) is 15.6 Å². The molecule has 0 spiro atoms. The first-order valence-electron chi connectivity index (χ1n) is 6.87. The van der Waals surface area contributed by atoms with Crippen molar-refractivity contribution in [2.24, 2.45) is 0 Å². The van der Waals surface area contributed by atoms with Crippen LogP contribution in [0.25, 0.3) is 0 Å². The molecule has 1 aromatic carbocycles. The molecule has 2 aromatic rings. The number of rotatable bonds is 5. The van der Waals surface area contributed by atoms with E-state index in [4.69, 9.17) is 0 Å². The van der Waals surface area contributed by atoms with Gasteiger partial charge in [0.25, 0.3) is 5.92 Å². The van der Waals surface area contributed by atoms with E-state index in [-0.39, 0.29) is 11.3 Å². The molecule has 0 saturated heterocycles. The van der Waals surface area contributed by atoms with Gasteiger partial charge in [-0.25, -0.2) is 0 Å². The van der Waals surface area contributed by atoms with Crippen molar-refractivity contribution in [3.05, 3.63) is 52.8 Å². The molecule has 0 atom stereocenters. The second-order valence-corrected chi connectivity index (χ2v) is 5.05. The van der Waals surface area contributed by atoms with Crippen LogP contribution in [0.5, 0.6) is 0 Å². The Balaban J connectivity index is 2.34. The second kappa shape index (κ2) is 5.76. The van der Waals surface area contributed by atoms with Crippen LogP contribution in [0.15, 0.2) is 30.3 Å². The summed E-state index contributed by atoms with van der Waals surface area (Å²) in [6, 6.07) is 7.64. The fourth-order valence-corrected chi connectivity index (χ4v) is 2.39. The van der Waals surface area contributed by atoms with Gasteiger partial charge in [-0.2, -0.15) is 13.9 Å². The smallest absolute Gasteiger partial charge is 0.292 e. The number of Topliss-reactive ketones (excluding diaryl/α,β-unsaturated/α-hetero) is 1. The van der Waals surface area contributed by atoms with E-state index in [9.17, 15) is 13.6 Å². The quantitative estimate of drug-likeness (QED) is 0.784. The fourth-order valence-electron chi connectivity index (χ4n) is 2.39. The van der Waals surface area contributed by atoms with Gasteiger partial charge in [0.1, 0.15) is 6.54 Å². The number of aryl methyl sites for hydroxylation is 1. The molecule has 0 aliphatic rings. The highest BCUT2D eigenvalue weighted by Crippen LogP contribution is 2.30. The summed E-state index contributed by atoms with van der Waals surface area (Å²) in [5, 5.41) is 4.11. The lowest BCUT2D eigenvalue weighted by Gasteiger charge is -2.17. The average Bonchev–Trinajstić information content (AvgIpc) is 2.73.